The van der Waals surface area contributed by atoms with Gasteiger partial charge < -0.3 is 10.6 Å². The summed E-state index contributed by atoms with van der Waals surface area (Å²) in [6, 6.07) is 14.7. The number of halogens is 1. The summed E-state index contributed by atoms with van der Waals surface area (Å²) in [5, 5.41) is 7.19. The number of benzene rings is 2. The highest BCUT2D eigenvalue weighted by molar-refractivity contribution is 7.89. The standard InChI is InChI=1S/C21H27ClN4O2S/c1-2-23-21(25-16-18-7-3-4-8-20(18)22)24-15-17-9-11-19(12-10-17)29(27,28)26-13-5-6-14-26/h3-4,7-12H,2,5-6,13-16H2,1H3,(H2,23,24,25). The summed E-state index contributed by atoms with van der Waals surface area (Å²) in [5.74, 6) is 0.682. The van der Waals surface area contributed by atoms with E-state index < -0.39 is 10.0 Å². The van der Waals surface area contributed by atoms with Gasteiger partial charge in [0.1, 0.15) is 0 Å². The number of hydrogen-bond donors (Lipinski definition) is 2. The van der Waals surface area contributed by atoms with Crippen LogP contribution < -0.4 is 10.6 Å². The van der Waals surface area contributed by atoms with Crippen molar-refractivity contribution < 1.29 is 8.42 Å². The Morgan fingerprint density at radius 1 is 1.07 bits per heavy atom. The third-order valence-corrected chi connectivity index (χ3v) is 7.08. The van der Waals surface area contributed by atoms with Gasteiger partial charge in [0, 0.05) is 31.2 Å². The highest BCUT2D eigenvalue weighted by Gasteiger charge is 2.26. The van der Waals surface area contributed by atoms with Crippen LogP contribution in [0.2, 0.25) is 5.02 Å². The summed E-state index contributed by atoms with van der Waals surface area (Å²) in [7, 11) is -3.38. The first-order valence-corrected chi connectivity index (χ1v) is 11.7. The van der Waals surface area contributed by atoms with E-state index in [2.05, 4.69) is 15.6 Å². The molecule has 0 aromatic heterocycles. The Hall–Kier alpha value is -2.09. The number of guanidine groups is 1. The van der Waals surface area contributed by atoms with Crippen molar-refractivity contribution in [2.45, 2.75) is 37.8 Å². The van der Waals surface area contributed by atoms with Crippen LogP contribution in [0, 0.1) is 0 Å². The fourth-order valence-electron chi connectivity index (χ4n) is 3.18. The Morgan fingerprint density at radius 2 is 1.76 bits per heavy atom. The Balaban J connectivity index is 1.64. The van der Waals surface area contributed by atoms with E-state index in [1.165, 1.54) is 0 Å². The van der Waals surface area contributed by atoms with Gasteiger partial charge in [-0.3, -0.25) is 0 Å². The smallest absolute Gasteiger partial charge is 0.243 e. The van der Waals surface area contributed by atoms with E-state index in [1.807, 2.05) is 43.3 Å². The van der Waals surface area contributed by atoms with Gasteiger partial charge in [0.15, 0.2) is 5.96 Å². The number of hydrogen-bond acceptors (Lipinski definition) is 3. The van der Waals surface area contributed by atoms with Crippen molar-refractivity contribution in [1.82, 2.24) is 14.9 Å². The maximum absolute atomic E-state index is 12.6. The van der Waals surface area contributed by atoms with E-state index in [0.717, 1.165) is 30.5 Å². The minimum Gasteiger partial charge on any atom is -0.357 e. The molecule has 0 bridgehead atoms. The van der Waals surface area contributed by atoms with E-state index in [1.54, 1.807) is 16.4 Å². The topological polar surface area (TPSA) is 73.8 Å². The van der Waals surface area contributed by atoms with Gasteiger partial charge in [-0.2, -0.15) is 4.31 Å². The average molecular weight is 435 g/mol. The largest absolute Gasteiger partial charge is 0.357 e. The van der Waals surface area contributed by atoms with Crippen molar-refractivity contribution in [2.24, 2.45) is 4.99 Å². The summed E-state index contributed by atoms with van der Waals surface area (Å²) in [5.41, 5.74) is 1.94. The fourth-order valence-corrected chi connectivity index (χ4v) is 4.90. The molecule has 29 heavy (non-hydrogen) atoms. The normalized spacial score (nSPS) is 15.4. The lowest BCUT2D eigenvalue weighted by Crippen LogP contribution is -2.36. The van der Waals surface area contributed by atoms with Gasteiger partial charge in [0.05, 0.1) is 11.4 Å². The second kappa shape index (κ2) is 10.1. The van der Waals surface area contributed by atoms with Crippen LogP contribution in [-0.4, -0.2) is 38.3 Å². The summed E-state index contributed by atoms with van der Waals surface area (Å²) in [6.07, 6.45) is 1.86. The average Bonchev–Trinajstić information content (AvgIpc) is 3.27. The maximum atomic E-state index is 12.6. The van der Waals surface area contributed by atoms with E-state index in [4.69, 9.17) is 11.6 Å². The van der Waals surface area contributed by atoms with Crippen LogP contribution in [0.1, 0.15) is 30.9 Å². The fraction of sp³-hybridized carbons (Fsp3) is 0.381. The van der Waals surface area contributed by atoms with Gasteiger partial charge in [-0.05, 0) is 49.1 Å². The third kappa shape index (κ3) is 5.72. The first-order chi connectivity index (χ1) is 14.0. The lowest BCUT2D eigenvalue weighted by molar-refractivity contribution is 0.477. The number of aliphatic imine (C=N–C) groups is 1. The van der Waals surface area contributed by atoms with E-state index in [9.17, 15) is 8.42 Å². The highest BCUT2D eigenvalue weighted by atomic mass is 35.5. The van der Waals surface area contributed by atoms with Gasteiger partial charge in [-0.25, -0.2) is 13.4 Å². The van der Waals surface area contributed by atoms with Gasteiger partial charge >= 0.3 is 0 Å². The SMILES string of the molecule is CCNC(=NCc1ccc(S(=O)(=O)N2CCCC2)cc1)NCc1ccccc1Cl. The molecule has 0 amide bonds. The van der Waals surface area contributed by atoms with E-state index in [0.29, 0.717) is 42.1 Å². The molecular weight excluding hydrogens is 408 g/mol. The molecule has 0 saturated carbocycles. The second-order valence-corrected chi connectivity index (χ2v) is 9.24. The molecule has 6 nitrogen and oxygen atoms in total. The van der Waals surface area contributed by atoms with Crippen LogP contribution in [0.5, 0.6) is 0 Å². The summed E-state index contributed by atoms with van der Waals surface area (Å²) >= 11 is 6.20. The molecule has 0 spiro atoms. The first kappa shape index (κ1) is 21.6. The Bertz CT molecular complexity index is 939. The van der Waals surface area contributed by atoms with Gasteiger partial charge in [-0.1, -0.05) is 41.9 Å². The zero-order chi connectivity index (χ0) is 20.7. The van der Waals surface area contributed by atoms with Crippen molar-refractivity contribution in [1.29, 1.82) is 0 Å². The molecule has 1 aliphatic rings. The number of nitrogens with one attached hydrogen (secondary N) is 2. The first-order valence-electron chi connectivity index (χ1n) is 9.85. The molecule has 1 aliphatic heterocycles. The summed E-state index contributed by atoms with van der Waals surface area (Å²) < 4.78 is 26.8. The summed E-state index contributed by atoms with van der Waals surface area (Å²) in [6.45, 7) is 4.97. The van der Waals surface area contributed by atoms with Crippen molar-refractivity contribution in [2.75, 3.05) is 19.6 Å². The zero-order valence-electron chi connectivity index (χ0n) is 16.6. The predicted molar refractivity (Wildman–Crippen MR) is 118 cm³/mol. The lowest BCUT2D eigenvalue weighted by atomic mass is 10.2. The van der Waals surface area contributed by atoms with Crippen molar-refractivity contribution in [3.63, 3.8) is 0 Å². The van der Waals surface area contributed by atoms with Crippen LogP contribution in [0.4, 0.5) is 0 Å². The zero-order valence-corrected chi connectivity index (χ0v) is 18.1. The lowest BCUT2D eigenvalue weighted by Gasteiger charge is -2.15. The Kier molecular flexibility index (Phi) is 7.52. The minimum atomic E-state index is -3.38. The van der Waals surface area contributed by atoms with Crippen molar-refractivity contribution in [3.8, 4) is 0 Å². The molecule has 0 aliphatic carbocycles. The number of sulfonamides is 1. The van der Waals surface area contributed by atoms with E-state index in [-0.39, 0.29) is 0 Å². The molecule has 2 aromatic carbocycles. The Labute approximate surface area is 178 Å². The molecule has 1 saturated heterocycles. The minimum absolute atomic E-state index is 0.343. The molecule has 156 valence electrons. The van der Waals surface area contributed by atoms with Crippen LogP contribution in [0.25, 0.3) is 0 Å². The van der Waals surface area contributed by atoms with Gasteiger partial charge in [0.25, 0.3) is 0 Å². The number of nitrogens with zero attached hydrogens (tertiary/aromatic N) is 2. The maximum Gasteiger partial charge on any atom is 0.243 e. The van der Waals surface area contributed by atoms with E-state index >= 15 is 0 Å². The molecule has 2 aromatic rings. The number of rotatable bonds is 7. The quantitative estimate of drug-likeness (QED) is 0.517. The second-order valence-electron chi connectivity index (χ2n) is 6.90. The van der Waals surface area contributed by atoms with Crippen molar-refractivity contribution >= 4 is 27.6 Å². The van der Waals surface area contributed by atoms with Gasteiger partial charge in [-0.15, -0.1) is 0 Å². The Morgan fingerprint density at radius 3 is 2.41 bits per heavy atom. The molecule has 1 fully saturated rings. The molecule has 2 N–H and O–H groups in total. The molecule has 0 atom stereocenters. The molecule has 0 unspecified atom stereocenters. The summed E-state index contributed by atoms with van der Waals surface area (Å²) in [4.78, 5) is 4.93. The van der Waals surface area contributed by atoms with Crippen molar-refractivity contribution in [3.05, 3.63) is 64.7 Å². The van der Waals surface area contributed by atoms with Gasteiger partial charge in [0.2, 0.25) is 10.0 Å². The van der Waals surface area contributed by atoms with Crippen LogP contribution in [0.15, 0.2) is 58.4 Å². The molecule has 3 rings (SSSR count). The van der Waals surface area contributed by atoms with Crippen LogP contribution in [-0.2, 0) is 23.1 Å². The molecule has 0 radical (unpaired) electrons. The predicted octanol–water partition coefficient (Wildman–Crippen LogP) is 3.38. The molecular formula is C21H27ClN4O2S. The van der Waals surface area contributed by atoms with Crippen LogP contribution >= 0.6 is 11.6 Å². The third-order valence-electron chi connectivity index (χ3n) is 4.79. The van der Waals surface area contributed by atoms with Crippen LogP contribution in [0.3, 0.4) is 0 Å². The highest BCUT2D eigenvalue weighted by Crippen LogP contribution is 2.21. The molecule has 1 heterocycles. The molecule has 8 heteroatoms. The monoisotopic (exact) mass is 434 g/mol.